The summed E-state index contributed by atoms with van der Waals surface area (Å²) in [7, 11) is 0. The number of nitrogens with one attached hydrogen (secondary N) is 4. The first-order chi connectivity index (χ1) is 18.2. The van der Waals surface area contributed by atoms with Gasteiger partial charge in [0.05, 0.1) is 12.6 Å². The highest BCUT2D eigenvalue weighted by Crippen LogP contribution is 2.19. The van der Waals surface area contributed by atoms with Gasteiger partial charge in [0, 0.05) is 23.5 Å². The number of aliphatic carboxylic acids is 1. The number of benzene rings is 1. The Morgan fingerprint density at radius 1 is 0.974 bits per heavy atom. The van der Waals surface area contributed by atoms with Crippen LogP contribution in [0, 0.1) is 0 Å². The summed E-state index contributed by atoms with van der Waals surface area (Å²) in [5.74, 6) is -2.60. The van der Waals surface area contributed by atoms with Crippen molar-refractivity contribution in [3.63, 3.8) is 0 Å². The Kier molecular flexibility index (Phi) is 13.1. The van der Waals surface area contributed by atoms with Crippen LogP contribution in [0.1, 0.15) is 31.2 Å². The van der Waals surface area contributed by atoms with Crippen molar-refractivity contribution in [3.05, 3.63) is 36.0 Å². The summed E-state index contributed by atoms with van der Waals surface area (Å²) < 4.78 is 0. The Morgan fingerprint density at radius 3 is 2.29 bits per heavy atom. The highest BCUT2D eigenvalue weighted by atomic mass is 32.2. The van der Waals surface area contributed by atoms with E-state index >= 15 is 0 Å². The summed E-state index contributed by atoms with van der Waals surface area (Å²) in [6.07, 6.45) is 5.55. The number of rotatable bonds is 17. The van der Waals surface area contributed by atoms with E-state index in [1.165, 1.54) is 0 Å². The minimum Gasteiger partial charge on any atom is -0.480 e. The Balaban J connectivity index is 2.27. The van der Waals surface area contributed by atoms with Gasteiger partial charge >= 0.3 is 5.97 Å². The van der Waals surface area contributed by atoms with E-state index in [2.05, 4.69) is 20.9 Å². The number of hydrogen-bond donors (Lipinski definition) is 8. The SMILES string of the molecule is CSCCC(N)C(=O)NC(CCCCN)C(=O)NC(Cc1c[nH]c2ccccc12)C(=O)NC(CO)C(=O)O. The highest BCUT2D eigenvalue weighted by molar-refractivity contribution is 7.98. The second-order valence-electron chi connectivity index (χ2n) is 8.94. The molecule has 0 fully saturated rings. The third-order valence-electron chi connectivity index (χ3n) is 6.08. The van der Waals surface area contributed by atoms with E-state index in [4.69, 9.17) is 11.5 Å². The van der Waals surface area contributed by atoms with Crippen LogP contribution in [0.25, 0.3) is 10.9 Å². The number of para-hydroxylation sites is 1. The number of hydrogen-bond acceptors (Lipinski definition) is 8. The molecule has 0 bridgehead atoms. The zero-order valence-corrected chi connectivity index (χ0v) is 22.3. The van der Waals surface area contributed by atoms with Gasteiger partial charge in [0.15, 0.2) is 0 Å². The monoisotopic (exact) mass is 550 g/mol. The topological polar surface area (TPSA) is 213 Å². The van der Waals surface area contributed by atoms with Crippen molar-refractivity contribution < 1.29 is 29.4 Å². The van der Waals surface area contributed by atoms with E-state index in [1.807, 2.05) is 30.5 Å². The van der Waals surface area contributed by atoms with Crippen molar-refractivity contribution in [2.45, 2.75) is 56.3 Å². The van der Waals surface area contributed by atoms with E-state index in [-0.39, 0.29) is 12.8 Å². The Morgan fingerprint density at radius 2 is 1.63 bits per heavy atom. The molecule has 0 aliphatic rings. The molecule has 38 heavy (non-hydrogen) atoms. The first kappa shape index (κ1) is 31.1. The van der Waals surface area contributed by atoms with Crippen molar-refractivity contribution in [2.75, 3.05) is 25.2 Å². The first-order valence-corrected chi connectivity index (χ1v) is 13.9. The van der Waals surface area contributed by atoms with E-state index in [0.29, 0.717) is 31.6 Å². The molecule has 4 atom stereocenters. The van der Waals surface area contributed by atoms with E-state index in [9.17, 15) is 29.4 Å². The Labute approximate surface area is 225 Å². The molecule has 13 heteroatoms. The van der Waals surface area contributed by atoms with Crippen LogP contribution in [0.4, 0.5) is 0 Å². The lowest BCUT2D eigenvalue weighted by Crippen LogP contribution is -2.58. The fourth-order valence-electron chi connectivity index (χ4n) is 3.88. The van der Waals surface area contributed by atoms with Gasteiger partial charge < -0.3 is 42.6 Å². The molecule has 0 saturated heterocycles. The zero-order chi connectivity index (χ0) is 28.1. The number of nitrogens with two attached hydrogens (primary N) is 2. The second kappa shape index (κ2) is 16.0. The van der Waals surface area contributed by atoms with E-state index in [1.54, 1.807) is 18.0 Å². The largest absolute Gasteiger partial charge is 0.480 e. The van der Waals surface area contributed by atoms with Gasteiger partial charge in [-0.2, -0.15) is 11.8 Å². The number of aliphatic hydroxyl groups is 1. The van der Waals surface area contributed by atoms with Gasteiger partial charge in [-0.15, -0.1) is 0 Å². The normalized spacial score (nSPS) is 14.3. The minimum absolute atomic E-state index is 0.0378. The molecule has 2 rings (SSSR count). The molecule has 0 spiro atoms. The standard InChI is InChI=1S/C25H38N6O6S/c1-38-11-9-17(27)22(33)29-19(8-4-5-10-26)23(34)30-20(24(35)31-21(14-32)25(36)37)12-15-13-28-18-7-3-2-6-16(15)18/h2-3,6-7,13,17,19-21,28,32H,4-5,8-12,14,26-27H2,1H3,(H,29,33)(H,30,34)(H,31,35)(H,36,37). The summed E-state index contributed by atoms with van der Waals surface area (Å²) in [6, 6.07) is 2.92. The predicted octanol–water partition coefficient (Wildman–Crippen LogP) is -0.549. The number of fused-ring (bicyclic) bond motifs is 1. The second-order valence-corrected chi connectivity index (χ2v) is 9.93. The molecule has 3 amide bonds. The fraction of sp³-hybridized carbons (Fsp3) is 0.520. The number of aliphatic hydroxyl groups excluding tert-OH is 1. The number of carbonyl (C=O) groups excluding carboxylic acids is 3. The quantitative estimate of drug-likeness (QED) is 0.119. The number of amides is 3. The molecule has 2 aromatic rings. The number of carbonyl (C=O) groups is 4. The van der Waals surface area contributed by atoms with Gasteiger partial charge in [-0.1, -0.05) is 18.2 Å². The lowest BCUT2D eigenvalue weighted by atomic mass is 10.0. The van der Waals surface area contributed by atoms with Crippen molar-refractivity contribution in [2.24, 2.45) is 11.5 Å². The molecule has 0 aliphatic carbocycles. The lowest BCUT2D eigenvalue weighted by Gasteiger charge is -2.25. The average molecular weight is 551 g/mol. The number of unbranched alkanes of at least 4 members (excludes halogenated alkanes) is 1. The smallest absolute Gasteiger partial charge is 0.328 e. The third kappa shape index (κ3) is 9.31. The van der Waals surface area contributed by atoms with Gasteiger partial charge in [0.2, 0.25) is 17.7 Å². The van der Waals surface area contributed by atoms with Crippen LogP contribution in [-0.4, -0.2) is 88.2 Å². The fourth-order valence-corrected chi connectivity index (χ4v) is 4.37. The number of thioether (sulfide) groups is 1. The minimum atomic E-state index is -1.54. The number of carboxylic acids is 1. The van der Waals surface area contributed by atoms with Gasteiger partial charge in [-0.3, -0.25) is 14.4 Å². The first-order valence-electron chi connectivity index (χ1n) is 12.5. The highest BCUT2D eigenvalue weighted by Gasteiger charge is 2.30. The van der Waals surface area contributed by atoms with Crippen molar-refractivity contribution in [1.82, 2.24) is 20.9 Å². The lowest BCUT2D eigenvalue weighted by molar-refractivity contribution is -0.143. The van der Waals surface area contributed by atoms with Crippen molar-refractivity contribution in [1.29, 1.82) is 0 Å². The molecule has 0 saturated carbocycles. The zero-order valence-electron chi connectivity index (χ0n) is 21.4. The maximum absolute atomic E-state index is 13.4. The van der Waals surface area contributed by atoms with Gasteiger partial charge in [0.1, 0.15) is 18.1 Å². The summed E-state index contributed by atoms with van der Waals surface area (Å²) in [5.41, 5.74) is 13.1. The van der Waals surface area contributed by atoms with Crippen LogP contribution in [-0.2, 0) is 25.6 Å². The molecular weight excluding hydrogens is 512 g/mol. The molecule has 4 unspecified atom stereocenters. The molecule has 1 aromatic carbocycles. The Bertz CT molecular complexity index is 1080. The number of carboxylic acid groups (broad SMARTS) is 1. The van der Waals surface area contributed by atoms with Crippen LogP contribution >= 0.6 is 11.8 Å². The van der Waals surface area contributed by atoms with Gasteiger partial charge in [-0.25, -0.2) is 4.79 Å². The molecule has 0 aliphatic heterocycles. The van der Waals surface area contributed by atoms with Crippen LogP contribution in [0.15, 0.2) is 30.5 Å². The molecular formula is C25H38N6O6S. The summed E-state index contributed by atoms with van der Waals surface area (Å²) in [5, 5.41) is 27.1. The van der Waals surface area contributed by atoms with E-state index in [0.717, 1.165) is 16.5 Å². The number of aromatic nitrogens is 1. The summed E-state index contributed by atoms with van der Waals surface area (Å²) >= 11 is 1.55. The van der Waals surface area contributed by atoms with Crippen LogP contribution < -0.4 is 27.4 Å². The van der Waals surface area contributed by atoms with Crippen molar-refractivity contribution >= 4 is 46.4 Å². The maximum Gasteiger partial charge on any atom is 0.328 e. The van der Waals surface area contributed by atoms with Crippen LogP contribution in [0.2, 0.25) is 0 Å². The van der Waals surface area contributed by atoms with Crippen LogP contribution in [0.5, 0.6) is 0 Å². The number of H-pyrrole nitrogens is 1. The van der Waals surface area contributed by atoms with Gasteiger partial charge in [0.25, 0.3) is 0 Å². The maximum atomic E-state index is 13.4. The van der Waals surface area contributed by atoms with Crippen LogP contribution in [0.3, 0.4) is 0 Å². The van der Waals surface area contributed by atoms with E-state index < -0.39 is 54.5 Å². The van der Waals surface area contributed by atoms with Crippen molar-refractivity contribution in [3.8, 4) is 0 Å². The molecule has 210 valence electrons. The predicted molar refractivity (Wildman–Crippen MR) is 146 cm³/mol. The molecule has 1 heterocycles. The average Bonchev–Trinajstić information content (AvgIpc) is 3.31. The summed E-state index contributed by atoms with van der Waals surface area (Å²) in [6.45, 7) is -0.403. The molecule has 10 N–H and O–H groups in total. The Hall–Kier alpha value is -3.13. The van der Waals surface area contributed by atoms with Gasteiger partial charge in [-0.05, 0) is 55.9 Å². The molecule has 0 radical (unpaired) electrons. The molecule has 12 nitrogen and oxygen atoms in total. The summed E-state index contributed by atoms with van der Waals surface area (Å²) in [4.78, 5) is 53.6. The molecule has 1 aromatic heterocycles. The number of aromatic amines is 1. The third-order valence-corrected chi connectivity index (χ3v) is 6.72.